The van der Waals surface area contributed by atoms with Crippen molar-refractivity contribution < 1.29 is 0 Å². The summed E-state index contributed by atoms with van der Waals surface area (Å²) in [5.41, 5.74) is 6.44. The van der Waals surface area contributed by atoms with E-state index >= 15 is 0 Å². The molecular weight excluding hydrogens is 370 g/mol. The van der Waals surface area contributed by atoms with Crippen molar-refractivity contribution >= 4 is 0 Å². The van der Waals surface area contributed by atoms with Crippen LogP contribution >= 0.6 is 0 Å². The van der Waals surface area contributed by atoms with Crippen molar-refractivity contribution in [2.45, 2.75) is 25.3 Å². The third-order valence-corrected chi connectivity index (χ3v) is 5.44. The average molecular weight is 393 g/mol. The molecule has 2 aromatic carbocycles. The summed E-state index contributed by atoms with van der Waals surface area (Å²) in [5.74, 6) is 0.0623. The Labute approximate surface area is 176 Å². The standard InChI is InChI=1S/C26H23N3O/c1-19-7-8-24(18-28-19)20-9-11-22(12-10-20)25(21-5-3-2-4-6-21)17-26(29-30)23-13-15-27-16-14-23/h2-16,18,25-26H,17H2,1H3. The first-order valence-corrected chi connectivity index (χ1v) is 10.0. The normalized spacial score (nSPS) is 12.8. The highest BCUT2D eigenvalue weighted by Crippen LogP contribution is 2.36. The van der Waals surface area contributed by atoms with E-state index in [2.05, 4.69) is 57.6 Å². The van der Waals surface area contributed by atoms with E-state index in [0.29, 0.717) is 6.42 Å². The molecule has 148 valence electrons. The van der Waals surface area contributed by atoms with Gasteiger partial charge in [0.2, 0.25) is 0 Å². The molecule has 4 aromatic rings. The van der Waals surface area contributed by atoms with Gasteiger partial charge in [0.15, 0.2) is 0 Å². The molecule has 0 fully saturated rings. The van der Waals surface area contributed by atoms with E-state index in [-0.39, 0.29) is 5.92 Å². The molecule has 0 amide bonds. The van der Waals surface area contributed by atoms with Crippen LogP contribution in [-0.4, -0.2) is 9.97 Å². The van der Waals surface area contributed by atoms with Crippen LogP contribution in [0.25, 0.3) is 11.1 Å². The summed E-state index contributed by atoms with van der Waals surface area (Å²) < 4.78 is 0. The van der Waals surface area contributed by atoms with Gasteiger partial charge < -0.3 is 0 Å². The van der Waals surface area contributed by atoms with Gasteiger partial charge in [-0.2, -0.15) is 4.91 Å². The minimum Gasteiger partial charge on any atom is -0.265 e. The molecule has 0 saturated heterocycles. The van der Waals surface area contributed by atoms with Crippen molar-refractivity contribution in [1.29, 1.82) is 0 Å². The first kappa shape index (κ1) is 19.6. The maximum atomic E-state index is 11.7. The molecule has 0 aliphatic carbocycles. The van der Waals surface area contributed by atoms with Gasteiger partial charge in [-0.1, -0.05) is 65.8 Å². The Bertz CT molecular complexity index is 1080. The fraction of sp³-hybridized carbons (Fsp3) is 0.154. The highest BCUT2D eigenvalue weighted by atomic mass is 16.3. The van der Waals surface area contributed by atoms with E-state index in [9.17, 15) is 4.91 Å². The molecule has 0 spiro atoms. The quantitative estimate of drug-likeness (QED) is 0.338. The van der Waals surface area contributed by atoms with Crippen LogP contribution < -0.4 is 0 Å². The smallest absolute Gasteiger partial charge is 0.118 e. The maximum absolute atomic E-state index is 11.7. The van der Waals surface area contributed by atoms with Crippen molar-refractivity contribution in [2.24, 2.45) is 5.18 Å². The molecule has 30 heavy (non-hydrogen) atoms. The summed E-state index contributed by atoms with van der Waals surface area (Å²) in [7, 11) is 0. The summed E-state index contributed by atoms with van der Waals surface area (Å²) in [4.78, 5) is 20.1. The highest BCUT2D eigenvalue weighted by Gasteiger charge is 2.22. The van der Waals surface area contributed by atoms with Crippen molar-refractivity contribution in [3.63, 3.8) is 0 Å². The lowest BCUT2D eigenvalue weighted by molar-refractivity contribution is 0.594. The van der Waals surface area contributed by atoms with E-state index in [1.807, 2.05) is 49.5 Å². The number of nitrogens with zero attached hydrogens (tertiary/aromatic N) is 3. The molecule has 4 nitrogen and oxygen atoms in total. The Morgan fingerprint density at radius 3 is 2.07 bits per heavy atom. The topological polar surface area (TPSA) is 55.2 Å². The lowest BCUT2D eigenvalue weighted by Gasteiger charge is -2.21. The van der Waals surface area contributed by atoms with Crippen LogP contribution in [0.1, 0.15) is 40.8 Å². The second-order valence-electron chi connectivity index (χ2n) is 7.41. The fourth-order valence-electron chi connectivity index (χ4n) is 3.75. The zero-order chi connectivity index (χ0) is 20.8. The summed E-state index contributed by atoms with van der Waals surface area (Å²) in [6.07, 6.45) is 5.91. The monoisotopic (exact) mass is 393 g/mol. The second kappa shape index (κ2) is 9.23. The van der Waals surface area contributed by atoms with E-state index in [1.165, 1.54) is 5.56 Å². The lowest BCUT2D eigenvalue weighted by Crippen LogP contribution is -2.07. The molecule has 2 aromatic heterocycles. The van der Waals surface area contributed by atoms with Crippen molar-refractivity contribution in [2.75, 3.05) is 0 Å². The zero-order valence-corrected chi connectivity index (χ0v) is 16.8. The first-order chi connectivity index (χ1) is 14.7. The molecular formula is C26H23N3O. The predicted molar refractivity (Wildman–Crippen MR) is 120 cm³/mol. The number of hydrogen-bond donors (Lipinski definition) is 0. The molecule has 0 radical (unpaired) electrons. The van der Waals surface area contributed by atoms with Crippen LogP contribution in [0.5, 0.6) is 0 Å². The Hall–Kier alpha value is -3.66. The number of pyridine rings is 2. The van der Waals surface area contributed by atoms with Gasteiger partial charge in [-0.05, 0) is 53.8 Å². The molecule has 0 N–H and O–H groups in total. The predicted octanol–water partition coefficient (Wildman–Crippen LogP) is 6.48. The molecule has 2 heterocycles. The van der Waals surface area contributed by atoms with Crippen LogP contribution in [0.15, 0.2) is 103 Å². The van der Waals surface area contributed by atoms with Gasteiger partial charge in [0.25, 0.3) is 0 Å². The molecule has 2 atom stereocenters. The summed E-state index contributed by atoms with van der Waals surface area (Å²) >= 11 is 0. The lowest BCUT2D eigenvalue weighted by atomic mass is 9.84. The van der Waals surface area contributed by atoms with Crippen molar-refractivity contribution in [3.05, 3.63) is 125 Å². The fourth-order valence-corrected chi connectivity index (χ4v) is 3.75. The van der Waals surface area contributed by atoms with Gasteiger partial charge in [0.1, 0.15) is 6.04 Å². The third-order valence-electron chi connectivity index (χ3n) is 5.44. The van der Waals surface area contributed by atoms with Gasteiger partial charge in [0.05, 0.1) is 0 Å². The van der Waals surface area contributed by atoms with E-state index in [0.717, 1.165) is 27.9 Å². The molecule has 4 heteroatoms. The second-order valence-corrected chi connectivity index (χ2v) is 7.41. The Morgan fingerprint density at radius 1 is 0.767 bits per heavy atom. The molecule has 0 aliphatic heterocycles. The van der Waals surface area contributed by atoms with E-state index in [1.54, 1.807) is 12.4 Å². The van der Waals surface area contributed by atoms with Crippen LogP contribution in [0.2, 0.25) is 0 Å². The Balaban J connectivity index is 1.66. The SMILES string of the molecule is Cc1ccc(-c2ccc(C(CC(N=O)c3ccncc3)c3ccccc3)cc2)cn1. The number of nitroso groups, excluding NO2 is 1. The summed E-state index contributed by atoms with van der Waals surface area (Å²) in [6, 6.07) is 26.2. The van der Waals surface area contributed by atoms with Gasteiger partial charge in [-0.25, -0.2) is 0 Å². The number of aryl methyl sites for hydroxylation is 1. The zero-order valence-electron chi connectivity index (χ0n) is 16.8. The van der Waals surface area contributed by atoms with Gasteiger partial charge in [0, 0.05) is 35.8 Å². The largest absolute Gasteiger partial charge is 0.265 e. The van der Waals surface area contributed by atoms with Crippen LogP contribution in [0.4, 0.5) is 0 Å². The van der Waals surface area contributed by atoms with Crippen LogP contribution in [0, 0.1) is 11.8 Å². The van der Waals surface area contributed by atoms with Crippen LogP contribution in [0.3, 0.4) is 0 Å². The number of rotatable bonds is 7. The van der Waals surface area contributed by atoms with Crippen molar-refractivity contribution in [3.8, 4) is 11.1 Å². The Kier molecular flexibility index (Phi) is 6.04. The minimum absolute atomic E-state index is 0.0623. The number of hydrogen-bond acceptors (Lipinski definition) is 4. The first-order valence-electron chi connectivity index (χ1n) is 10.0. The van der Waals surface area contributed by atoms with Gasteiger partial charge >= 0.3 is 0 Å². The maximum Gasteiger partial charge on any atom is 0.118 e. The minimum atomic E-state index is -0.431. The summed E-state index contributed by atoms with van der Waals surface area (Å²) in [6.45, 7) is 1.98. The number of benzene rings is 2. The average Bonchev–Trinajstić information content (AvgIpc) is 2.82. The molecule has 0 bridgehead atoms. The van der Waals surface area contributed by atoms with Crippen molar-refractivity contribution in [1.82, 2.24) is 9.97 Å². The molecule has 0 aliphatic rings. The third kappa shape index (κ3) is 4.49. The molecule has 2 unspecified atom stereocenters. The summed E-state index contributed by atoms with van der Waals surface area (Å²) in [5, 5.41) is 3.44. The van der Waals surface area contributed by atoms with E-state index in [4.69, 9.17) is 0 Å². The number of aromatic nitrogens is 2. The van der Waals surface area contributed by atoms with Crippen LogP contribution in [-0.2, 0) is 0 Å². The highest BCUT2D eigenvalue weighted by molar-refractivity contribution is 5.63. The Morgan fingerprint density at radius 2 is 1.43 bits per heavy atom. The molecule has 0 saturated carbocycles. The van der Waals surface area contributed by atoms with Gasteiger partial charge in [-0.15, -0.1) is 0 Å². The molecule has 4 rings (SSSR count). The van der Waals surface area contributed by atoms with Gasteiger partial charge in [-0.3, -0.25) is 9.97 Å². The van der Waals surface area contributed by atoms with E-state index < -0.39 is 6.04 Å².